The Balaban J connectivity index is 1.89. The molecule has 0 saturated heterocycles. The normalized spacial score (nSPS) is 10.8. The average molecular weight is 283 g/mol. The molecule has 3 aromatic rings. The Morgan fingerprint density at radius 2 is 2.14 bits per heavy atom. The number of hydrogen-bond donors (Lipinski definition) is 3. The Morgan fingerprint density at radius 1 is 1.24 bits per heavy atom. The summed E-state index contributed by atoms with van der Waals surface area (Å²) < 4.78 is 0. The highest BCUT2D eigenvalue weighted by Gasteiger charge is 2.09. The van der Waals surface area contributed by atoms with E-state index in [-0.39, 0.29) is 0 Å². The Bertz CT molecular complexity index is 750. The Morgan fingerprint density at radius 3 is 2.95 bits per heavy atom. The minimum absolute atomic E-state index is 0.578. The van der Waals surface area contributed by atoms with E-state index in [0.717, 1.165) is 29.0 Å². The maximum absolute atomic E-state index is 4.49. The predicted molar refractivity (Wildman–Crippen MR) is 82.1 cm³/mol. The van der Waals surface area contributed by atoms with E-state index in [0.29, 0.717) is 18.1 Å². The van der Waals surface area contributed by atoms with Gasteiger partial charge >= 0.3 is 0 Å². The molecule has 0 aliphatic rings. The molecule has 0 radical (unpaired) electrons. The molecule has 0 amide bonds. The zero-order chi connectivity index (χ0) is 14.7. The standard InChI is InChI=1S/C14H17N7/c1-3-15-14-19-12(10-7-18-21-13(10)20-14)17-8-11-9(2)5-4-6-16-11/h4-7H,3,8H2,1-2H3,(H3,15,17,18,19,20,21). The van der Waals surface area contributed by atoms with Crippen LogP contribution in [0.3, 0.4) is 0 Å². The molecule has 3 rings (SSSR count). The van der Waals surface area contributed by atoms with E-state index in [2.05, 4.69) is 35.8 Å². The van der Waals surface area contributed by atoms with Gasteiger partial charge in [-0.1, -0.05) is 6.07 Å². The third kappa shape index (κ3) is 2.76. The zero-order valence-electron chi connectivity index (χ0n) is 12.0. The highest BCUT2D eigenvalue weighted by molar-refractivity contribution is 5.86. The Hall–Kier alpha value is -2.70. The van der Waals surface area contributed by atoms with Crippen molar-refractivity contribution in [3.05, 3.63) is 35.8 Å². The molecule has 3 N–H and O–H groups in total. The predicted octanol–water partition coefficient (Wildman–Crippen LogP) is 2.10. The van der Waals surface area contributed by atoms with Crippen LogP contribution in [0.1, 0.15) is 18.2 Å². The second-order valence-corrected chi connectivity index (χ2v) is 4.68. The van der Waals surface area contributed by atoms with Gasteiger partial charge in [-0.05, 0) is 25.5 Å². The van der Waals surface area contributed by atoms with Gasteiger partial charge in [-0.2, -0.15) is 15.1 Å². The number of fused-ring (bicyclic) bond motifs is 1. The summed E-state index contributed by atoms with van der Waals surface area (Å²) in [6.45, 7) is 5.42. The van der Waals surface area contributed by atoms with Crippen LogP contribution < -0.4 is 10.6 Å². The van der Waals surface area contributed by atoms with Crippen LogP contribution in [0, 0.1) is 6.92 Å². The highest BCUT2D eigenvalue weighted by Crippen LogP contribution is 2.20. The summed E-state index contributed by atoms with van der Waals surface area (Å²) in [6, 6.07) is 3.97. The SMILES string of the molecule is CCNc1nc(NCc2ncccc2C)c2cn[nH]c2n1. The van der Waals surface area contributed by atoms with Crippen LogP contribution in [-0.2, 0) is 6.54 Å². The zero-order valence-corrected chi connectivity index (χ0v) is 12.0. The largest absolute Gasteiger partial charge is 0.364 e. The van der Waals surface area contributed by atoms with Gasteiger partial charge in [0.2, 0.25) is 5.95 Å². The number of hydrogen-bond acceptors (Lipinski definition) is 6. The van der Waals surface area contributed by atoms with Gasteiger partial charge in [0.05, 0.1) is 23.8 Å². The second-order valence-electron chi connectivity index (χ2n) is 4.68. The molecule has 0 saturated carbocycles. The summed E-state index contributed by atoms with van der Waals surface area (Å²) in [7, 11) is 0. The van der Waals surface area contributed by atoms with Gasteiger partial charge in [0.25, 0.3) is 0 Å². The number of nitrogens with one attached hydrogen (secondary N) is 3. The second kappa shape index (κ2) is 5.74. The van der Waals surface area contributed by atoms with Crippen molar-refractivity contribution in [2.45, 2.75) is 20.4 Å². The van der Waals surface area contributed by atoms with Crippen LogP contribution >= 0.6 is 0 Å². The summed E-state index contributed by atoms with van der Waals surface area (Å²) in [5.74, 6) is 1.32. The fourth-order valence-electron chi connectivity index (χ4n) is 2.08. The first-order chi connectivity index (χ1) is 10.3. The molecule has 3 aromatic heterocycles. The van der Waals surface area contributed by atoms with Crippen LogP contribution in [-0.4, -0.2) is 31.7 Å². The van der Waals surface area contributed by atoms with E-state index in [1.807, 2.05) is 26.0 Å². The lowest BCUT2D eigenvalue weighted by molar-refractivity contribution is 1.00. The van der Waals surface area contributed by atoms with E-state index in [9.17, 15) is 0 Å². The van der Waals surface area contributed by atoms with Crippen LogP contribution in [0.15, 0.2) is 24.5 Å². The highest BCUT2D eigenvalue weighted by atomic mass is 15.2. The van der Waals surface area contributed by atoms with Crippen molar-refractivity contribution < 1.29 is 0 Å². The van der Waals surface area contributed by atoms with Gasteiger partial charge in [0.1, 0.15) is 5.82 Å². The fourth-order valence-corrected chi connectivity index (χ4v) is 2.08. The van der Waals surface area contributed by atoms with Crippen molar-refractivity contribution in [2.75, 3.05) is 17.2 Å². The Kier molecular flexibility index (Phi) is 3.63. The third-order valence-electron chi connectivity index (χ3n) is 3.19. The number of pyridine rings is 1. The number of H-pyrrole nitrogens is 1. The van der Waals surface area contributed by atoms with Gasteiger partial charge < -0.3 is 10.6 Å². The fraction of sp³-hybridized carbons (Fsp3) is 0.286. The van der Waals surface area contributed by atoms with E-state index in [1.54, 1.807) is 12.4 Å². The summed E-state index contributed by atoms with van der Waals surface area (Å²) >= 11 is 0. The molecule has 21 heavy (non-hydrogen) atoms. The lowest BCUT2D eigenvalue weighted by atomic mass is 10.2. The smallest absolute Gasteiger partial charge is 0.226 e. The van der Waals surface area contributed by atoms with Crippen LogP contribution in [0.25, 0.3) is 11.0 Å². The van der Waals surface area contributed by atoms with Gasteiger partial charge in [-0.3, -0.25) is 10.1 Å². The van der Waals surface area contributed by atoms with Crippen LogP contribution in [0.4, 0.5) is 11.8 Å². The first-order valence-corrected chi connectivity index (χ1v) is 6.87. The van der Waals surface area contributed by atoms with Crippen molar-refractivity contribution in [1.29, 1.82) is 0 Å². The molecule has 3 heterocycles. The number of aromatic amines is 1. The molecular formula is C14H17N7. The molecule has 0 atom stereocenters. The summed E-state index contributed by atoms with van der Waals surface area (Å²) in [6.07, 6.45) is 3.51. The molecule has 108 valence electrons. The monoisotopic (exact) mass is 283 g/mol. The molecule has 0 aromatic carbocycles. The van der Waals surface area contributed by atoms with Crippen molar-refractivity contribution in [3.8, 4) is 0 Å². The van der Waals surface area contributed by atoms with Gasteiger partial charge in [0, 0.05) is 12.7 Å². The average Bonchev–Trinajstić information content (AvgIpc) is 2.95. The molecule has 7 nitrogen and oxygen atoms in total. The summed E-state index contributed by atoms with van der Waals surface area (Å²) in [5.41, 5.74) is 2.85. The van der Waals surface area contributed by atoms with Gasteiger partial charge in [0.15, 0.2) is 5.65 Å². The molecule has 0 spiro atoms. The van der Waals surface area contributed by atoms with Crippen LogP contribution in [0.2, 0.25) is 0 Å². The lowest BCUT2D eigenvalue weighted by Crippen LogP contribution is -2.08. The lowest BCUT2D eigenvalue weighted by Gasteiger charge is -2.09. The minimum atomic E-state index is 0.578. The first-order valence-electron chi connectivity index (χ1n) is 6.87. The maximum Gasteiger partial charge on any atom is 0.226 e. The molecule has 0 bridgehead atoms. The molecule has 0 unspecified atom stereocenters. The number of anilines is 2. The number of rotatable bonds is 5. The van der Waals surface area contributed by atoms with Crippen molar-refractivity contribution in [2.24, 2.45) is 0 Å². The van der Waals surface area contributed by atoms with E-state index >= 15 is 0 Å². The minimum Gasteiger partial charge on any atom is -0.364 e. The van der Waals surface area contributed by atoms with Gasteiger partial charge in [-0.15, -0.1) is 0 Å². The van der Waals surface area contributed by atoms with Crippen molar-refractivity contribution >= 4 is 22.8 Å². The van der Waals surface area contributed by atoms with E-state index in [4.69, 9.17) is 0 Å². The van der Waals surface area contributed by atoms with Gasteiger partial charge in [-0.25, -0.2) is 0 Å². The van der Waals surface area contributed by atoms with Crippen molar-refractivity contribution in [1.82, 2.24) is 25.1 Å². The molecule has 0 fully saturated rings. The third-order valence-corrected chi connectivity index (χ3v) is 3.19. The molecular weight excluding hydrogens is 266 g/mol. The first kappa shape index (κ1) is 13.3. The van der Waals surface area contributed by atoms with Crippen molar-refractivity contribution in [3.63, 3.8) is 0 Å². The number of aromatic nitrogens is 5. The molecule has 7 heteroatoms. The van der Waals surface area contributed by atoms with Crippen LogP contribution in [0.5, 0.6) is 0 Å². The summed E-state index contributed by atoms with van der Waals surface area (Å²) in [4.78, 5) is 13.2. The summed E-state index contributed by atoms with van der Waals surface area (Å²) in [5, 5.41) is 14.2. The van der Waals surface area contributed by atoms with E-state index < -0.39 is 0 Å². The Labute approximate surface area is 122 Å². The molecule has 0 aliphatic heterocycles. The topological polar surface area (TPSA) is 91.4 Å². The molecule has 0 aliphatic carbocycles. The quantitative estimate of drug-likeness (QED) is 0.664. The number of nitrogens with zero attached hydrogens (tertiary/aromatic N) is 4. The number of aryl methyl sites for hydroxylation is 1. The van der Waals surface area contributed by atoms with E-state index in [1.165, 1.54) is 0 Å². The maximum atomic E-state index is 4.49.